The first-order chi connectivity index (χ1) is 13.5. The van der Waals surface area contributed by atoms with Crippen molar-refractivity contribution in [3.63, 3.8) is 0 Å². The van der Waals surface area contributed by atoms with Crippen LogP contribution in [0.4, 0.5) is 0 Å². The van der Waals surface area contributed by atoms with Crippen molar-refractivity contribution in [2.75, 3.05) is 14.1 Å². The van der Waals surface area contributed by atoms with Crippen LogP contribution < -0.4 is 5.32 Å². The highest BCUT2D eigenvalue weighted by Gasteiger charge is 2.29. The first-order valence-corrected chi connectivity index (χ1v) is 11.1. The standard InChI is InChI=1S/C24H31BrN2O/c1-27(2)23(16-11-18-7-4-3-5-8-18)19-12-14-22(15-13-19)26-24(28)20-9-6-10-21(25)17-20/h3-10,17,19,22-23H,11-16H2,1-2H3,(H,26,28). The van der Waals surface area contributed by atoms with Crippen LogP contribution in [0.1, 0.15) is 48.0 Å². The minimum Gasteiger partial charge on any atom is -0.349 e. The summed E-state index contributed by atoms with van der Waals surface area (Å²) in [6.45, 7) is 0. The maximum absolute atomic E-state index is 12.5. The zero-order valence-electron chi connectivity index (χ0n) is 16.9. The van der Waals surface area contributed by atoms with Crippen molar-refractivity contribution in [2.45, 2.75) is 50.6 Å². The van der Waals surface area contributed by atoms with E-state index in [-0.39, 0.29) is 5.91 Å². The highest BCUT2D eigenvalue weighted by Crippen LogP contribution is 2.31. The van der Waals surface area contributed by atoms with Gasteiger partial charge >= 0.3 is 0 Å². The van der Waals surface area contributed by atoms with Crippen molar-refractivity contribution in [2.24, 2.45) is 5.92 Å². The summed E-state index contributed by atoms with van der Waals surface area (Å²) in [5.41, 5.74) is 2.15. The third-order valence-electron chi connectivity index (χ3n) is 5.97. The predicted octanol–water partition coefficient (Wildman–Crippen LogP) is 5.30. The molecule has 2 aromatic rings. The average molecular weight is 443 g/mol. The van der Waals surface area contributed by atoms with Crippen LogP contribution in [0, 0.1) is 5.92 Å². The lowest BCUT2D eigenvalue weighted by molar-refractivity contribution is 0.0904. The largest absolute Gasteiger partial charge is 0.349 e. The van der Waals surface area contributed by atoms with Gasteiger partial charge < -0.3 is 10.2 Å². The molecule has 0 bridgehead atoms. The highest BCUT2D eigenvalue weighted by atomic mass is 79.9. The van der Waals surface area contributed by atoms with Gasteiger partial charge in [-0.1, -0.05) is 52.3 Å². The summed E-state index contributed by atoms with van der Waals surface area (Å²) in [5, 5.41) is 3.24. The number of nitrogens with zero attached hydrogens (tertiary/aromatic N) is 1. The van der Waals surface area contributed by atoms with Gasteiger partial charge in [0.1, 0.15) is 0 Å². The van der Waals surface area contributed by atoms with Crippen molar-refractivity contribution in [1.82, 2.24) is 10.2 Å². The van der Waals surface area contributed by atoms with Gasteiger partial charge in [0.15, 0.2) is 0 Å². The van der Waals surface area contributed by atoms with Crippen molar-refractivity contribution < 1.29 is 4.79 Å². The van der Waals surface area contributed by atoms with Gasteiger partial charge in [0.05, 0.1) is 0 Å². The van der Waals surface area contributed by atoms with E-state index in [0.717, 1.165) is 29.3 Å². The lowest BCUT2D eigenvalue weighted by Crippen LogP contribution is -2.42. The van der Waals surface area contributed by atoms with E-state index in [2.05, 4.69) is 70.6 Å². The number of nitrogens with one attached hydrogen (secondary N) is 1. The molecule has 4 heteroatoms. The molecule has 0 spiro atoms. The molecule has 0 aliphatic heterocycles. The highest BCUT2D eigenvalue weighted by molar-refractivity contribution is 9.10. The Balaban J connectivity index is 1.50. The number of amides is 1. The number of halogens is 1. The Kier molecular flexibility index (Phi) is 7.69. The van der Waals surface area contributed by atoms with Gasteiger partial charge in [-0.15, -0.1) is 0 Å². The molecule has 3 rings (SSSR count). The summed E-state index contributed by atoms with van der Waals surface area (Å²) in [6, 6.07) is 19.3. The Hall–Kier alpha value is -1.65. The molecule has 1 amide bonds. The Labute approximate surface area is 177 Å². The fourth-order valence-corrected chi connectivity index (χ4v) is 4.82. The zero-order chi connectivity index (χ0) is 19.9. The summed E-state index contributed by atoms with van der Waals surface area (Å²) in [7, 11) is 4.41. The minimum absolute atomic E-state index is 0.0398. The maximum Gasteiger partial charge on any atom is 0.251 e. The number of hydrogen-bond donors (Lipinski definition) is 1. The lowest BCUT2D eigenvalue weighted by Gasteiger charge is -2.37. The molecular formula is C24H31BrN2O. The normalized spacial score (nSPS) is 20.7. The third kappa shape index (κ3) is 5.92. The van der Waals surface area contributed by atoms with E-state index in [1.165, 1.54) is 24.8 Å². The molecule has 1 unspecified atom stereocenters. The van der Waals surface area contributed by atoms with Crippen LogP contribution in [0.25, 0.3) is 0 Å². The van der Waals surface area contributed by atoms with Gasteiger partial charge in [0.2, 0.25) is 0 Å². The SMILES string of the molecule is CN(C)C(CCc1ccccc1)C1CCC(NC(=O)c2cccc(Br)c2)CC1. The number of benzene rings is 2. The van der Waals surface area contributed by atoms with Crippen LogP contribution in [-0.2, 0) is 6.42 Å². The van der Waals surface area contributed by atoms with E-state index in [9.17, 15) is 4.79 Å². The van der Waals surface area contributed by atoms with Crippen LogP contribution in [-0.4, -0.2) is 37.0 Å². The first kappa shape index (κ1) is 21.1. The van der Waals surface area contributed by atoms with Gasteiger partial charge in [0.25, 0.3) is 5.91 Å². The molecule has 0 heterocycles. The molecule has 0 saturated heterocycles. The Morgan fingerprint density at radius 2 is 1.79 bits per heavy atom. The Morgan fingerprint density at radius 1 is 1.07 bits per heavy atom. The summed E-state index contributed by atoms with van der Waals surface area (Å²) < 4.78 is 0.941. The molecule has 1 aliphatic rings. The lowest BCUT2D eigenvalue weighted by atomic mass is 9.79. The van der Waals surface area contributed by atoms with E-state index in [1.807, 2.05) is 24.3 Å². The number of carbonyl (C=O) groups excluding carboxylic acids is 1. The molecule has 1 N–H and O–H groups in total. The first-order valence-electron chi connectivity index (χ1n) is 10.3. The number of aryl methyl sites for hydroxylation is 1. The molecule has 1 saturated carbocycles. The molecular weight excluding hydrogens is 412 g/mol. The Morgan fingerprint density at radius 3 is 2.43 bits per heavy atom. The average Bonchev–Trinajstić information content (AvgIpc) is 2.70. The molecule has 1 aliphatic carbocycles. The fourth-order valence-electron chi connectivity index (χ4n) is 4.42. The monoisotopic (exact) mass is 442 g/mol. The number of hydrogen-bond acceptors (Lipinski definition) is 2. The quantitative estimate of drug-likeness (QED) is 0.630. The summed E-state index contributed by atoms with van der Waals surface area (Å²) in [4.78, 5) is 14.9. The molecule has 150 valence electrons. The van der Waals surface area contributed by atoms with E-state index >= 15 is 0 Å². The molecule has 3 nitrogen and oxygen atoms in total. The maximum atomic E-state index is 12.5. The molecule has 1 atom stereocenters. The summed E-state index contributed by atoms with van der Waals surface area (Å²) in [5.74, 6) is 0.746. The molecule has 0 radical (unpaired) electrons. The second-order valence-corrected chi connectivity index (χ2v) is 9.07. The van der Waals surface area contributed by atoms with Crippen LogP contribution in [0.3, 0.4) is 0 Å². The van der Waals surface area contributed by atoms with Gasteiger partial charge in [-0.2, -0.15) is 0 Å². The zero-order valence-corrected chi connectivity index (χ0v) is 18.5. The van der Waals surface area contributed by atoms with Gasteiger partial charge in [-0.25, -0.2) is 0 Å². The second-order valence-electron chi connectivity index (χ2n) is 8.15. The van der Waals surface area contributed by atoms with Crippen molar-refractivity contribution in [3.8, 4) is 0 Å². The van der Waals surface area contributed by atoms with E-state index in [4.69, 9.17) is 0 Å². The van der Waals surface area contributed by atoms with Crippen LogP contribution in [0.2, 0.25) is 0 Å². The summed E-state index contributed by atoms with van der Waals surface area (Å²) >= 11 is 3.44. The van der Waals surface area contributed by atoms with Gasteiger partial charge in [0, 0.05) is 22.1 Å². The van der Waals surface area contributed by atoms with Crippen LogP contribution in [0.5, 0.6) is 0 Å². The molecule has 28 heavy (non-hydrogen) atoms. The smallest absolute Gasteiger partial charge is 0.251 e. The van der Waals surface area contributed by atoms with E-state index < -0.39 is 0 Å². The third-order valence-corrected chi connectivity index (χ3v) is 6.47. The predicted molar refractivity (Wildman–Crippen MR) is 120 cm³/mol. The molecule has 1 fully saturated rings. The number of carbonyl (C=O) groups is 1. The topological polar surface area (TPSA) is 32.3 Å². The minimum atomic E-state index is 0.0398. The van der Waals surface area contributed by atoms with Crippen LogP contribution >= 0.6 is 15.9 Å². The van der Waals surface area contributed by atoms with Crippen molar-refractivity contribution in [1.29, 1.82) is 0 Å². The number of rotatable bonds is 7. The van der Waals surface area contributed by atoms with Gasteiger partial charge in [-0.3, -0.25) is 4.79 Å². The second kappa shape index (κ2) is 10.2. The van der Waals surface area contributed by atoms with Crippen LogP contribution in [0.15, 0.2) is 59.1 Å². The fraction of sp³-hybridized carbons (Fsp3) is 0.458. The summed E-state index contributed by atoms with van der Waals surface area (Å²) in [6.07, 6.45) is 6.82. The van der Waals surface area contributed by atoms with Crippen molar-refractivity contribution >= 4 is 21.8 Å². The van der Waals surface area contributed by atoms with Gasteiger partial charge in [-0.05, 0) is 82.3 Å². The molecule has 2 aromatic carbocycles. The van der Waals surface area contributed by atoms with E-state index in [0.29, 0.717) is 18.0 Å². The molecule has 0 aromatic heterocycles. The van der Waals surface area contributed by atoms with Crippen molar-refractivity contribution in [3.05, 3.63) is 70.2 Å². The van der Waals surface area contributed by atoms with E-state index in [1.54, 1.807) is 0 Å². The Bertz CT molecular complexity index is 754.